The zero-order valence-corrected chi connectivity index (χ0v) is 15.9. The van der Waals surface area contributed by atoms with Crippen LogP contribution in [0, 0.1) is 5.92 Å². The molecule has 0 aliphatic carbocycles. The molecular weight excluding hydrogens is 360 g/mol. The number of rotatable bonds is 8. The molecular formula is C21H22N2O3S. The van der Waals surface area contributed by atoms with E-state index in [9.17, 15) is 14.7 Å². The fourth-order valence-corrected chi connectivity index (χ4v) is 3.98. The van der Waals surface area contributed by atoms with Crippen molar-refractivity contribution in [2.45, 2.75) is 32.2 Å². The molecule has 140 valence electrons. The van der Waals surface area contributed by atoms with Gasteiger partial charge in [0.05, 0.1) is 27.2 Å². The molecule has 1 aromatic heterocycles. The number of hydrogen-bond donors (Lipinski definition) is 2. The van der Waals surface area contributed by atoms with E-state index in [2.05, 4.69) is 10.3 Å². The third-order valence-electron chi connectivity index (χ3n) is 4.50. The van der Waals surface area contributed by atoms with Crippen molar-refractivity contribution < 1.29 is 14.7 Å². The first kappa shape index (κ1) is 19.0. The minimum Gasteiger partial charge on any atom is -0.481 e. The lowest BCUT2D eigenvalue weighted by atomic mass is 9.94. The summed E-state index contributed by atoms with van der Waals surface area (Å²) in [5.41, 5.74) is 1.79. The number of aryl methyl sites for hydroxylation is 1. The van der Waals surface area contributed by atoms with Crippen LogP contribution in [0.1, 0.15) is 36.4 Å². The van der Waals surface area contributed by atoms with Gasteiger partial charge in [0.2, 0.25) is 5.91 Å². The van der Waals surface area contributed by atoms with Gasteiger partial charge in [-0.15, -0.1) is 11.3 Å². The van der Waals surface area contributed by atoms with Gasteiger partial charge in [-0.05, 0) is 37.5 Å². The Kier molecular flexibility index (Phi) is 6.19. The number of carboxylic acid groups (broad SMARTS) is 1. The molecule has 0 saturated carbocycles. The van der Waals surface area contributed by atoms with Gasteiger partial charge in [0.1, 0.15) is 0 Å². The largest absolute Gasteiger partial charge is 0.481 e. The summed E-state index contributed by atoms with van der Waals surface area (Å²) in [5, 5.41) is 13.3. The number of aromatic nitrogens is 1. The summed E-state index contributed by atoms with van der Waals surface area (Å²) >= 11 is 1.65. The predicted molar refractivity (Wildman–Crippen MR) is 107 cm³/mol. The number of amides is 1. The molecule has 6 heteroatoms. The van der Waals surface area contributed by atoms with Crippen molar-refractivity contribution in [2.24, 2.45) is 5.92 Å². The van der Waals surface area contributed by atoms with E-state index in [1.54, 1.807) is 18.3 Å². The van der Waals surface area contributed by atoms with Gasteiger partial charge in [0.15, 0.2) is 0 Å². The highest BCUT2D eigenvalue weighted by Crippen LogP contribution is 2.24. The summed E-state index contributed by atoms with van der Waals surface area (Å²) in [6, 6.07) is 16.7. The number of carbonyl (C=O) groups is 2. The van der Waals surface area contributed by atoms with Crippen LogP contribution in [-0.4, -0.2) is 22.0 Å². The molecule has 0 radical (unpaired) electrons. The molecule has 0 spiro atoms. The van der Waals surface area contributed by atoms with Crippen LogP contribution in [0.5, 0.6) is 0 Å². The van der Waals surface area contributed by atoms with Crippen LogP contribution in [0.2, 0.25) is 0 Å². The third kappa shape index (κ3) is 4.92. The van der Waals surface area contributed by atoms with Crippen LogP contribution < -0.4 is 5.32 Å². The average Bonchev–Trinajstić information content (AvgIpc) is 3.09. The lowest BCUT2D eigenvalue weighted by Gasteiger charge is -2.23. The maximum atomic E-state index is 12.4. The second-order valence-electron chi connectivity index (χ2n) is 6.51. The van der Waals surface area contributed by atoms with Gasteiger partial charge >= 0.3 is 5.97 Å². The van der Waals surface area contributed by atoms with Crippen molar-refractivity contribution in [3.05, 3.63) is 65.2 Å². The highest BCUT2D eigenvalue weighted by atomic mass is 32.1. The van der Waals surface area contributed by atoms with Gasteiger partial charge in [-0.1, -0.05) is 42.5 Å². The number of para-hydroxylation sites is 1. The first-order valence-corrected chi connectivity index (χ1v) is 9.78. The Labute approximate surface area is 162 Å². The number of nitrogens with one attached hydrogen (secondary N) is 1. The first-order valence-electron chi connectivity index (χ1n) is 8.96. The lowest BCUT2D eigenvalue weighted by molar-refractivity contribution is -0.142. The number of hydrogen-bond acceptors (Lipinski definition) is 4. The van der Waals surface area contributed by atoms with E-state index < -0.39 is 17.9 Å². The van der Waals surface area contributed by atoms with Crippen molar-refractivity contribution in [3.63, 3.8) is 0 Å². The molecule has 3 rings (SSSR count). The number of nitrogens with zero attached hydrogens (tertiary/aromatic N) is 1. The zero-order valence-electron chi connectivity index (χ0n) is 15.1. The lowest BCUT2D eigenvalue weighted by Crippen LogP contribution is -2.35. The quantitative estimate of drug-likeness (QED) is 0.612. The summed E-state index contributed by atoms with van der Waals surface area (Å²) in [4.78, 5) is 28.4. The van der Waals surface area contributed by atoms with Gasteiger partial charge < -0.3 is 10.4 Å². The number of aliphatic carboxylic acids is 1. The Morgan fingerprint density at radius 1 is 1.11 bits per heavy atom. The van der Waals surface area contributed by atoms with Crippen LogP contribution in [-0.2, 0) is 16.0 Å². The monoisotopic (exact) mass is 382 g/mol. The summed E-state index contributed by atoms with van der Waals surface area (Å²) in [5.74, 6) is -1.78. The second kappa shape index (κ2) is 8.77. The second-order valence-corrected chi connectivity index (χ2v) is 7.63. The number of carbonyl (C=O) groups excluding carboxylic acids is 1. The van der Waals surface area contributed by atoms with Crippen LogP contribution >= 0.6 is 11.3 Å². The number of benzene rings is 2. The Morgan fingerprint density at radius 3 is 2.52 bits per heavy atom. The summed E-state index contributed by atoms with van der Waals surface area (Å²) in [6.07, 6.45) is 1.75. The minimum atomic E-state index is -0.932. The molecule has 27 heavy (non-hydrogen) atoms. The predicted octanol–water partition coefficient (Wildman–Crippen LogP) is 4.20. The number of carboxylic acids is 1. The Hall–Kier alpha value is -2.73. The highest BCUT2D eigenvalue weighted by Gasteiger charge is 2.26. The molecule has 2 N–H and O–H groups in total. The standard InChI is InChI=1S/C21H22N2O3S/c1-14(21(25)26)20(15-8-3-2-4-9-15)23-18(24)12-7-13-19-22-16-10-5-6-11-17(16)27-19/h2-6,8-11,14,20H,7,12-13H2,1H3,(H,23,24)(H,25,26). The molecule has 2 atom stereocenters. The van der Waals surface area contributed by atoms with E-state index in [1.807, 2.05) is 54.6 Å². The molecule has 5 nitrogen and oxygen atoms in total. The van der Waals surface area contributed by atoms with Gasteiger partial charge in [0.25, 0.3) is 0 Å². The highest BCUT2D eigenvalue weighted by molar-refractivity contribution is 7.18. The van der Waals surface area contributed by atoms with Gasteiger partial charge in [-0.2, -0.15) is 0 Å². The Bertz CT molecular complexity index is 890. The third-order valence-corrected chi connectivity index (χ3v) is 5.59. The van der Waals surface area contributed by atoms with E-state index >= 15 is 0 Å². The summed E-state index contributed by atoms with van der Waals surface area (Å²) in [6.45, 7) is 1.61. The molecule has 1 amide bonds. The number of fused-ring (bicyclic) bond motifs is 1. The molecule has 0 bridgehead atoms. The topological polar surface area (TPSA) is 79.3 Å². The molecule has 1 heterocycles. The molecule has 3 aromatic rings. The summed E-state index contributed by atoms with van der Waals surface area (Å²) in [7, 11) is 0. The smallest absolute Gasteiger partial charge is 0.308 e. The normalized spacial score (nSPS) is 13.2. The molecule has 0 fully saturated rings. The molecule has 0 saturated heterocycles. The van der Waals surface area contributed by atoms with Crippen LogP contribution in [0.3, 0.4) is 0 Å². The van der Waals surface area contributed by atoms with Crippen molar-refractivity contribution in [1.29, 1.82) is 0 Å². The Balaban J connectivity index is 1.58. The summed E-state index contributed by atoms with van der Waals surface area (Å²) < 4.78 is 1.15. The van der Waals surface area contributed by atoms with Crippen molar-refractivity contribution in [1.82, 2.24) is 10.3 Å². The maximum Gasteiger partial charge on any atom is 0.308 e. The van der Waals surface area contributed by atoms with Crippen LogP contribution in [0.4, 0.5) is 0 Å². The number of thiazole rings is 1. The van der Waals surface area contributed by atoms with E-state index in [0.717, 1.165) is 27.2 Å². The van der Waals surface area contributed by atoms with E-state index in [4.69, 9.17) is 0 Å². The minimum absolute atomic E-state index is 0.141. The molecule has 2 unspecified atom stereocenters. The van der Waals surface area contributed by atoms with E-state index in [0.29, 0.717) is 12.8 Å². The maximum absolute atomic E-state index is 12.4. The fraction of sp³-hybridized carbons (Fsp3) is 0.286. The van der Waals surface area contributed by atoms with Gasteiger partial charge in [-0.3, -0.25) is 9.59 Å². The molecule has 2 aromatic carbocycles. The van der Waals surface area contributed by atoms with Gasteiger partial charge in [-0.25, -0.2) is 4.98 Å². The molecule has 0 aliphatic rings. The zero-order chi connectivity index (χ0) is 19.2. The van der Waals surface area contributed by atoms with Crippen LogP contribution in [0.15, 0.2) is 54.6 Å². The van der Waals surface area contributed by atoms with Crippen molar-refractivity contribution >= 4 is 33.4 Å². The van der Waals surface area contributed by atoms with Crippen LogP contribution in [0.25, 0.3) is 10.2 Å². The Morgan fingerprint density at radius 2 is 1.81 bits per heavy atom. The SMILES string of the molecule is CC(C(=O)O)C(NC(=O)CCCc1nc2ccccc2s1)c1ccccc1. The van der Waals surface area contributed by atoms with Crippen molar-refractivity contribution in [3.8, 4) is 0 Å². The average molecular weight is 382 g/mol. The van der Waals surface area contributed by atoms with E-state index in [1.165, 1.54) is 0 Å². The molecule has 0 aliphatic heterocycles. The first-order chi connectivity index (χ1) is 13.0. The van der Waals surface area contributed by atoms with Gasteiger partial charge in [0, 0.05) is 6.42 Å². The van der Waals surface area contributed by atoms with E-state index in [-0.39, 0.29) is 5.91 Å². The van der Waals surface area contributed by atoms with Crippen molar-refractivity contribution in [2.75, 3.05) is 0 Å². The fourth-order valence-electron chi connectivity index (χ4n) is 2.97.